The molecule has 0 bridgehead atoms. The molecule has 0 aliphatic rings. The topological polar surface area (TPSA) is 108 Å². The van der Waals surface area contributed by atoms with Crippen LogP contribution in [0.3, 0.4) is 0 Å². The summed E-state index contributed by atoms with van der Waals surface area (Å²) >= 11 is 0. The molecule has 1 amide bonds. The van der Waals surface area contributed by atoms with Gasteiger partial charge in [-0.1, -0.05) is 0 Å². The summed E-state index contributed by atoms with van der Waals surface area (Å²) in [5, 5.41) is 11.2. The molecule has 0 spiro atoms. The Bertz CT molecular complexity index is 530. The molecule has 0 radical (unpaired) electrons. The Kier molecular flexibility index (Phi) is 2.91. The van der Waals surface area contributed by atoms with Crippen LogP contribution < -0.4 is 5.32 Å². The number of carboxylic acid groups (broad SMARTS) is 1. The highest BCUT2D eigenvalue weighted by Gasteiger charge is 2.14. The van der Waals surface area contributed by atoms with E-state index in [0.29, 0.717) is 5.82 Å². The van der Waals surface area contributed by atoms with E-state index in [0.717, 1.165) is 0 Å². The average molecular weight is 235 g/mol. The first kappa shape index (κ1) is 10.9. The molecule has 0 saturated carbocycles. The Labute approximate surface area is 95.5 Å². The first-order valence-corrected chi connectivity index (χ1v) is 4.76. The number of carbonyl (C=O) groups excluding carboxylic acids is 1. The normalized spacial score (nSPS) is 10.1. The van der Waals surface area contributed by atoms with E-state index in [2.05, 4.69) is 15.3 Å². The van der Waals surface area contributed by atoms with E-state index in [1.807, 2.05) is 0 Å². The monoisotopic (exact) mass is 235 g/mol. The van der Waals surface area contributed by atoms with Gasteiger partial charge in [-0.2, -0.15) is 0 Å². The van der Waals surface area contributed by atoms with Crippen molar-refractivity contribution in [2.24, 2.45) is 0 Å². The number of nitrogens with zero attached hydrogens (tertiary/aromatic N) is 1. The van der Waals surface area contributed by atoms with Crippen LogP contribution in [0.1, 0.15) is 26.9 Å². The van der Waals surface area contributed by atoms with E-state index in [4.69, 9.17) is 9.52 Å². The predicted octanol–water partition coefficient (Wildman–Crippen LogP) is 0.631. The highest BCUT2D eigenvalue weighted by Crippen LogP contribution is 2.07. The standard InChI is InChI=1S/C10H9N3O4/c14-9(13-5-8-11-3-4-12-8)6-1-2-7(17-6)10(15)16/h1-4H,5H2,(H,11,12)(H,13,14)(H,15,16). The number of rotatable bonds is 4. The van der Waals surface area contributed by atoms with Gasteiger partial charge in [-0.15, -0.1) is 0 Å². The molecular weight excluding hydrogens is 226 g/mol. The van der Waals surface area contributed by atoms with Gasteiger partial charge in [-0.25, -0.2) is 9.78 Å². The Hall–Kier alpha value is -2.57. The summed E-state index contributed by atoms with van der Waals surface area (Å²) < 4.78 is 4.83. The second-order valence-electron chi connectivity index (χ2n) is 3.19. The molecule has 0 aliphatic carbocycles. The van der Waals surface area contributed by atoms with Gasteiger partial charge in [0.2, 0.25) is 5.76 Å². The van der Waals surface area contributed by atoms with Gasteiger partial charge in [0.1, 0.15) is 5.82 Å². The minimum atomic E-state index is -1.21. The molecule has 0 fully saturated rings. The molecule has 88 valence electrons. The summed E-state index contributed by atoms with van der Waals surface area (Å²) in [5.74, 6) is -1.42. The van der Waals surface area contributed by atoms with Crippen molar-refractivity contribution in [2.75, 3.05) is 0 Å². The van der Waals surface area contributed by atoms with Crippen LogP contribution in [-0.2, 0) is 6.54 Å². The number of imidazole rings is 1. The van der Waals surface area contributed by atoms with Gasteiger partial charge in [0, 0.05) is 12.4 Å². The maximum atomic E-state index is 11.5. The lowest BCUT2D eigenvalue weighted by Gasteiger charge is -1.99. The quantitative estimate of drug-likeness (QED) is 0.720. The maximum absolute atomic E-state index is 11.5. The number of H-pyrrole nitrogens is 1. The summed E-state index contributed by atoms with van der Waals surface area (Å²) in [4.78, 5) is 28.8. The third-order valence-corrected chi connectivity index (χ3v) is 2.01. The van der Waals surface area contributed by atoms with Crippen LogP contribution in [0.15, 0.2) is 28.9 Å². The van der Waals surface area contributed by atoms with Crippen molar-refractivity contribution in [1.29, 1.82) is 0 Å². The Morgan fingerprint density at radius 1 is 1.41 bits per heavy atom. The van der Waals surface area contributed by atoms with E-state index in [1.54, 1.807) is 12.4 Å². The molecule has 2 aromatic heterocycles. The fourth-order valence-electron chi connectivity index (χ4n) is 1.22. The number of furan rings is 1. The van der Waals surface area contributed by atoms with Crippen LogP contribution in [-0.4, -0.2) is 27.0 Å². The van der Waals surface area contributed by atoms with Gasteiger partial charge in [-0.3, -0.25) is 4.79 Å². The predicted molar refractivity (Wildman–Crippen MR) is 55.4 cm³/mol. The van der Waals surface area contributed by atoms with Crippen molar-refractivity contribution in [3.05, 3.63) is 41.9 Å². The molecule has 0 aromatic carbocycles. The summed E-state index contributed by atoms with van der Waals surface area (Å²) in [5.41, 5.74) is 0. The Morgan fingerprint density at radius 2 is 2.18 bits per heavy atom. The van der Waals surface area contributed by atoms with Gasteiger partial charge in [0.15, 0.2) is 5.76 Å². The molecule has 0 saturated heterocycles. The molecule has 0 aliphatic heterocycles. The second kappa shape index (κ2) is 4.52. The molecule has 2 aromatic rings. The molecule has 7 heteroatoms. The van der Waals surface area contributed by atoms with Crippen molar-refractivity contribution in [3.8, 4) is 0 Å². The number of nitrogens with one attached hydrogen (secondary N) is 2. The van der Waals surface area contributed by atoms with Crippen LogP contribution >= 0.6 is 0 Å². The number of amides is 1. The number of aromatic amines is 1. The number of hydrogen-bond acceptors (Lipinski definition) is 4. The number of hydrogen-bond donors (Lipinski definition) is 3. The molecule has 0 unspecified atom stereocenters. The van der Waals surface area contributed by atoms with Gasteiger partial charge in [-0.05, 0) is 12.1 Å². The first-order valence-electron chi connectivity index (χ1n) is 4.76. The molecule has 3 N–H and O–H groups in total. The lowest BCUT2D eigenvalue weighted by molar-refractivity contribution is 0.0659. The average Bonchev–Trinajstić information content (AvgIpc) is 2.96. The highest BCUT2D eigenvalue weighted by atomic mass is 16.4. The highest BCUT2D eigenvalue weighted by molar-refractivity contribution is 5.93. The van der Waals surface area contributed by atoms with E-state index in [1.165, 1.54) is 12.1 Å². The fourth-order valence-corrected chi connectivity index (χ4v) is 1.22. The number of carboxylic acids is 1. The maximum Gasteiger partial charge on any atom is 0.371 e. The van der Waals surface area contributed by atoms with Crippen LogP contribution in [0.4, 0.5) is 0 Å². The van der Waals surface area contributed by atoms with E-state index >= 15 is 0 Å². The van der Waals surface area contributed by atoms with Gasteiger partial charge in [0.05, 0.1) is 6.54 Å². The number of carbonyl (C=O) groups is 2. The van der Waals surface area contributed by atoms with Crippen molar-refractivity contribution in [2.45, 2.75) is 6.54 Å². The van der Waals surface area contributed by atoms with Crippen molar-refractivity contribution < 1.29 is 19.1 Å². The lowest BCUT2D eigenvalue weighted by atomic mass is 10.4. The van der Waals surface area contributed by atoms with Crippen LogP contribution in [0, 0.1) is 0 Å². The van der Waals surface area contributed by atoms with Crippen molar-refractivity contribution >= 4 is 11.9 Å². The van der Waals surface area contributed by atoms with Crippen molar-refractivity contribution in [1.82, 2.24) is 15.3 Å². The van der Waals surface area contributed by atoms with Crippen LogP contribution in [0.25, 0.3) is 0 Å². The van der Waals surface area contributed by atoms with E-state index < -0.39 is 11.9 Å². The molecular formula is C10H9N3O4. The molecule has 17 heavy (non-hydrogen) atoms. The summed E-state index contributed by atoms with van der Waals surface area (Å²) in [6.07, 6.45) is 3.20. The fraction of sp³-hybridized carbons (Fsp3) is 0.100. The van der Waals surface area contributed by atoms with E-state index in [-0.39, 0.29) is 18.1 Å². The molecule has 0 atom stereocenters. The first-order chi connectivity index (χ1) is 8.16. The van der Waals surface area contributed by atoms with Crippen molar-refractivity contribution in [3.63, 3.8) is 0 Å². The minimum absolute atomic E-state index is 0.0473. The molecule has 7 nitrogen and oxygen atoms in total. The third-order valence-electron chi connectivity index (χ3n) is 2.01. The zero-order valence-corrected chi connectivity index (χ0v) is 8.64. The smallest absolute Gasteiger partial charge is 0.371 e. The molecule has 2 heterocycles. The summed E-state index contributed by atoms with van der Waals surface area (Å²) in [6.45, 7) is 0.217. The number of aromatic carboxylic acids is 1. The van der Waals surface area contributed by atoms with Crippen LogP contribution in [0.5, 0.6) is 0 Å². The zero-order valence-electron chi connectivity index (χ0n) is 8.64. The summed E-state index contributed by atoms with van der Waals surface area (Å²) in [6, 6.07) is 2.53. The third kappa shape index (κ3) is 2.51. The van der Waals surface area contributed by atoms with E-state index in [9.17, 15) is 9.59 Å². The van der Waals surface area contributed by atoms with Crippen LogP contribution in [0.2, 0.25) is 0 Å². The van der Waals surface area contributed by atoms with Gasteiger partial charge in [0.25, 0.3) is 5.91 Å². The molecule has 2 rings (SSSR count). The van der Waals surface area contributed by atoms with Gasteiger partial charge < -0.3 is 19.8 Å². The number of aromatic nitrogens is 2. The zero-order chi connectivity index (χ0) is 12.3. The lowest BCUT2D eigenvalue weighted by Crippen LogP contribution is -2.22. The Balaban J connectivity index is 1.97. The van der Waals surface area contributed by atoms with Gasteiger partial charge >= 0.3 is 5.97 Å². The second-order valence-corrected chi connectivity index (χ2v) is 3.19. The minimum Gasteiger partial charge on any atom is -0.475 e. The largest absolute Gasteiger partial charge is 0.475 e. The SMILES string of the molecule is O=C(O)c1ccc(C(=O)NCc2ncc[nH]2)o1. The Morgan fingerprint density at radius 3 is 2.76 bits per heavy atom. The summed E-state index contributed by atoms with van der Waals surface area (Å²) in [7, 11) is 0.